The third-order valence-corrected chi connectivity index (χ3v) is 3.44. The number of carbonyl (C=O) groups excluding carboxylic acids is 1. The average molecular weight is 307 g/mol. The van der Waals surface area contributed by atoms with E-state index < -0.39 is 4.92 Å². The molecule has 0 atom stereocenters. The Morgan fingerprint density at radius 2 is 1.74 bits per heavy atom. The highest BCUT2D eigenvalue weighted by Gasteiger charge is 2.21. The monoisotopic (exact) mass is 307 g/mol. The molecule has 114 valence electrons. The van der Waals surface area contributed by atoms with Crippen LogP contribution in [0.1, 0.15) is 11.1 Å². The van der Waals surface area contributed by atoms with E-state index in [2.05, 4.69) is 0 Å². The van der Waals surface area contributed by atoms with Gasteiger partial charge >= 0.3 is 5.97 Å². The van der Waals surface area contributed by atoms with Gasteiger partial charge in [-0.1, -0.05) is 30.3 Å². The number of hydrogen-bond donors (Lipinski definition) is 0. The van der Waals surface area contributed by atoms with Crippen molar-refractivity contribution in [2.45, 2.75) is 6.42 Å². The van der Waals surface area contributed by atoms with Crippen molar-refractivity contribution in [3.05, 3.63) is 93.2 Å². The molecular formula is C18H13NO4. The zero-order valence-corrected chi connectivity index (χ0v) is 12.1. The highest BCUT2D eigenvalue weighted by molar-refractivity contribution is 5.94. The maximum absolute atomic E-state index is 11.9. The number of hydrogen-bond acceptors (Lipinski definition) is 4. The molecule has 0 aromatic heterocycles. The number of nitro groups is 1. The molecule has 0 spiro atoms. The SMILES string of the molecule is O=C1O/C(=C\c2ccc([N+](=O)[O-])cc2)C=C1Cc1ccccc1. The van der Waals surface area contributed by atoms with Gasteiger partial charge in [-0.25, -0.2) is 4.79 Å². The van der Waals surface area contributed by atoms with Crippen molar-refractivity contribution in [2.75, 3.05) is 0 Å². The predicted molar refractivity (Wildman–Crippen MR) is 85.4 cm³/mol. The van der Waals surface area contributed by atoms with Gasteiger partial charge in [0.1, 0.15) is 5.76 Å². The lowest BCUT2D eigenvalue weighted by molar-refractivity contribution is -0.384. The zero-order valence-electron chi connectivity index (χ0n) is 12.1. The molecule has 0 amide bonds. The van der Waals surface area contributed by atoms with Crippen LogP contribution in [-0.2, 0) is 16.0 Å². The summed E-state index contributed by atoms with van der Waals surface area (Å²) in [5, 5.41) is 10.6. The molecule has 1 aliphatic rings. The molecule has 5 nitrogen and oxygen atoms in total. The summed E-state index contributed by atoms with van der Waals surface area (Å²) < 4.78 is 5.22. The number of nitrogens with zero attached hydrogens (tertiary/aromatic N) is 1. The smallest absolute Gasteiger partial charge is 0.339 e. The van der Waals surface area contributed by atoms with Gasteiger partial charge in [0, 0.05) is 24.1 Å². The highest BCUT2D eigenvalue weighted by atomic mass is 16.6. The molecule has 0 saturated carbocycles. The number of cyclic esters (lactones) is 1. The number of benzene rings is 2. The molecule has 0 radical (unpaired) electrons. The Labute approximate surface area is 132 Å². The van der Waals surface area contributed by atoms with Crippen LogP contribution in [-0.4, -0.2) is 10.9 Å². The van der Waals surface area contributed by atoms with E-state index in [1.165, 1.54) is 12.1 Å². The second-order valence-corrected chi connectivity index (χ2v) is 5.12. The third kappa shape index (κ3) is 3.52. The van der Waals surface area contributed by atoms with Crippen molar-refractivity contribution in [3.8, 4) is 0 Å². The minimum Gasteiger partial charge on any atom is -0.423 e. The lowest BCUT2D eigenvalue weighted by Crippen LogP contribution is -2.01. The van der Waals surface area contributed by atoms with Crippen LogP contribution >= 0.6 is 0 Å². The Morgan fingerprint density at radius 3 is 2.39 bits per heavy atom. The lowest BCUT2D eigenvalue weighted by atomic mass is 10.1. The second kappa shape index (κ2) is 6.27. The number of ether oxygens (including phenoxy) is 1. The van der Waals surface area contributed by atoms with E-state index in [9.17, 15) is 14.9 Å². The molecule has 1 heterocycles. The third-order valence-electron chi connectivity index (χ3n) is 3.44. The average Bonchev–Trinajstić information content (AvgIpc) is 2.88. The summed E-state index contributed by atoms with van der Waals surface area (Å²) in [5.74, 6) is 0.0804. The van der Waals surface area contributed by atoms with Crippen LogP contribution in [0.15, 0.2) is 72.0 Å². The lowest BCUT2D eigenvalue weighted by Gasteiger charge is -1.99. The Kier molecular flexibility index (Phi) is 4.01. The Balaban J connectivity index is 1.78. The molecule has 5 heteroatoms. The quantitative estimate of drug-likeness (QED) is 0.491. The number of nitro benzene ring substituents is 1. The van der Waals surface area contributed by atoms with Gasteiger partial charge in [-0.15, -0.1) is 0 Å². The molecule has 0 aliphatic carbocycles. The standard InChI is InChI=1S/C18H13NO4/c20-18-15(10-13-4-2-1-3-5-13)12-17(23-18)11-14-6-8-16(9-7-14)19(21)22/h1-9,11-12H,10H2/b17-11-. The highest BCUT2D eigenvalue weighted by Crippen LogP contribution is 2.23. The van der Waals surface area contributed by atoms with Gasteiger partial charge in [-0.3, -0.25) is 10.1 Å². The zero-order chi connectivity index (χ0) is 16.2. The number of esters is 1. The summed E-state index contributed by atoms with van der Waals surface area (Å²) in [4.78, 5) is 22.1. The van der Waals surface area contributed by atoms with Crippen LogP contribution in [0.25, 0.3) is 6.08 Å². The first-order valence-corrected chi connectivity index (χ1v) is 7.04. The van der Waals surface area contributed by atoms with Gasteiger partial charge < -0.3 is 4.74 Å². The topological polar surface area (TPSA) is 69.4 Å². The fraction of sp³-hybridized carbons (Fsp3) is 0.0556. The second-order valence-electron chi connectivity index (χ2n) is 5.12. The van der Waals surface area contributed by atoms with E-state index in [0.717, 1.165) is 11.1 Å². The number of allylic oxidation sites excluding steroid dienone is 1. The summed E-state index contributed by atoms with van der Waals surface area (Å²) >= 11 is 0. The van der Waals surface area contributed by atoms with E-state index in [4.69, 9.17) is 4.74 Å². The van der Waals surface area contributed by atoms with E-state index in [1.54, 1.807) is 24.3 Å². The van der Waals surface area contributed by atoms with Gasteiger partial charge in [0.15, 0.2) is 0 Å². The van der Waals surface area contributed by atoms with Gasteiger partial charge in [0.2, 0.25) is 0 Å². The maximum Gasteiger partial charge on any atom is 0.339 e. The van der Waals surface area contributed by atoms with Gasteiger partial charge in [0.25, 0.3) is 5.69 Å². The maximum atomic E-state index is 11.9. The van der Waals surface area contributed by atoms with Crippen LogP contribution in [0.5, 0.6) is 0 Å². The van der Waals surface area contributed by atoms with Gasteiger partial charge in [-0.05, 0) is 35.4 Å². The van der Waals surface area contributed by atoms with Crippen molar-refractivity contribution < 1.29 is 14.5 Å². The van der Waals surface area contributed by atoms with Crippen molar-refractivity contribution >= 4 is 17.7 Å². The minimum absolute atomic E-state index is 0.0240. The normalized spacial score (nSPS) is 15.4. The fourth-order valence-corrected chi connectivity index (χ4v) is 2.30. The van der Waals surface area contributed by atoms with Crippen molar-refractivity contribution in [3.63, 3.8) is 0 Å². The molecule has 0 bridgehead atoms. The molecule has 2 aromatic rings. The van der Waals surface area contributed by atoms with Crippen LogP contribution in [0, 0.1) is 10.1 Å². The summed E-state index contributed by atoms with van der Waals surface area (Å²) in [6, 6.07) is 15.7. The summed E-state index contributed by atoms with van der Waals surface area (Å²) in [7, 11) is 0. The fourth-order valence-electron chi connectivity index (χ4n) is 2.30. The molecule has 3 rings (SSSR count). The first kappa shape index (κ1) is 14.7. The van der Waals surface area contributed by atoms with Crippen LogP contribution in [0.2, 0.25) is 0 Å². The molecule has 0 N–H and O–H groups in total. The molecule has 0 fully saturated rings. The van der Waals surface area contributed by atoms with Gasteiger partial charge in [0.05, 0.1) is 4.92 Å². The van der Waals surface area contributed by atoms with E-state index in [1.807, 2.05) is 30.3 Å². The first-order valence-electron chi connectivity index (χ1n) is 7.04. The Morgan fingerprint density at radius 1 is 1.04 bits per heavy atom. The first-order chi connectivity index (χ1) is 11.1. The number of carbonyl (C=O) groups is 1. The predicted octanol–water partition coefficient (Wildman–Crippen LogP) is 3.66. The van der Waals surface area contributed by atoms with E-state index in [0.29, 0.717) is 17.8 Å². The Bertz CT molecular complexity index is 805. The summed E-state index contributed by atoms with van der Waals surface area (Å²) in [6.07, 6.45) is 3.90. The molecule has 0 unspecified atom stereocenters. The number of non-ortho nitro benzene ring substituents is 1. The molecule has 2 aromatic carbocycles. The molecule has 1 aliphatic heterocycles. The minimum atomic E-state index is -0.454. The van der Waals surface area contributed by atoms with Gasteiger partial charge in [-0.2, -0.15) is 0 Å². The van der Waals surface area contributed by atoms with Crippen LogP contribution in [0.4, 0.5) is 5.69 Å². The Hall–Kier alpha value is -3.21. The molecule has 0 saturated heterocycles. The van der Waals surface area contributed by atoms with Crippen LogP contribution < -0.4 is 0 Å². The molecule has 23 heavy (non-hydrogen) atoms. The summed E-state index contributed by atoms with van der Waals surface area (Å²) in [6.45, 7) is 0. The van der Waals surface area contributed by atoms with Crippen molar-refractivity contribution in [1.82, 2.24) is 0 Å². The van der Waals surface area contributed by atoms with Crippen molar-refractivity contribution in [1.29, 1.82) is 0 Å². The van der Waals surface area contributed by atoms with E-state index >= 15 is 0 Å². The largest absolute Gasteiger partial charge is 0.423 e. The van der Waals surface area contributed by atoms with Crippen molar-refractivity contribution in [2.24, 2.45) is 0 Å². The van der Waals surface area contributed by atoms with Crippen LogP contribution in [0.3, 0.4) is 0 Å². The van der Waals surface area contributed by atoms with E-state index in [-0.39, 0.29) is 11.7 Å². The number of rotatable bonds is 4. The molecular weight excluding hydrogens is 294 g/mol. The summed E-state index contributed by atoms with van der Waals surface area (Å²) in [5.41, 5.74) is 2.38.